The minimum Gasteiger partial charge on any atom is -0.493 e. The Morgan fingerprint density at radius 3 is 2.83 bits per heavy atom. The second-order valence-corrected chi connectivity index (χ2v) is 9.12. The van der Waals surface area contributed by atoms with Crippen molar-refractivity contribution in [1.29, 1.82) is 0 Å². The van der Waals surface area contributed by atoms with E-state index in [4.69, 9.17) is 4.74 Å². The van der Waals surface area contributed by atoms with Crippen LogP contribution in [0.25, 0.3) is 0 Å². The van der Waals surface area contributed by atoms with Gasteiger partial charge >= 0.3 is 0 Å². The minimum atomic E-state index is -0.883. The van der Waals surface area contributed by atoms with Gasteiger partial charge in [0.25, 0.3) is 0 Å². The summed E-state index contributed by atoms with van der Waals surface area (Å²) in [6.07, 6.45) is 0.898. The van der Waals surface area contributed by atoms with Gasteiger partial charge in [0.05, 0.1) is 19.2 Å². The smallest absolute Gasteiger partial charge is 0.191 e. The molecule has 2 N–H and O–H groups in total. The Hall–Kier alpha value is -1.56. The van der Waals surface area contributed by atoms with Gasteiger partial charge < -0.3 is 15.4 Å². The first-order chi connectivity index (χ1) is 11.4. The number of hydrogen-bond donors (Lipinski definition) is 2. The molecular weight excluding hydrogens is 322 g/mol. The number of ether oxygens (including phenoxy) is 1. The average molecular weight is 352 g/mol. The molecule has 0 amide bonds. The van der Waals surface area contributed by atoms with Crippen molar-refractivity contribution in [3.05, 3.63) is 29.8 Å². The molecule has 1 heterocycles. The third-order valence-electron chi connectivity index (χ3n) is 3.84. The molecule has 5 nitrogen and oxygen atoms in total. The molecule has 0 aliphatic carbocycles. The highest BCUT2D eigenvalue weighted by Gasteiger charge is 2.22. The number of nitrogens with one attached hydrogen (secondary N) is 2. The van der Waals surface area contributed by atoms with Crippen LogP contribution in [0.4, 0.5) is 0 Å². The van der Waals surface area contributed by atoms with Gasteiger partial charge in [0, 0.05) is 39.8 Å². The number of aliphatic imine (C=N–C) groups is 1. The van der Waals surface area contributed by atoms with Crippen LogP contribution in [0.2, 0.25) is 0 Å². The maximum absolute atomic E-state index is 12.1. The zero-order valence-electron chi connectivity index (χ0n) is 15.1. The van der Waals surface area contributed by atoms with Crippen LogP contribution in [0.5, 0.6) is 5.75 Å². The molecule has 0 saturated heterocycles. The third-order valence-corrected chi connectivity index (χ3v) is 5.76. The van der Waals surface area contributed by atoms with Crippen LogP contribution in [-0.2, 0) is 10.8 Å². The van der Waals surface area contributed by atoms with E-state index in [0.29, 0.717) is 18.9 Å². The molecule has 0 saturated carbocycles. The van der Waals surface area contributed by atoms with E-state index in [1.165, 1.54) is 0 Å². The lowest BCUT2D eigenvalue weighted by Crippen LogP contribution is -2.41. The lowest BCUT2D eigenvalue weighted by Gasteiger charge is -2.28. The van der Waals surface area contributed by atoms with E-state index in [1.54, 1.807) is 0 Å². The number of nitrogens with zero attached hydrogens (tertiary/aromatic N) is 1. The van der Waals surface area contributed by atoms with Gasteiger partial charge in [-0.25, -0.2) is 0 Å². The number of hydrogen-bond acceptors (Lipinski definition) is 3. The summed E-state index contributed by atoms with van der Waals surface area (Å²) in [5, 5.41) is 6.76. The van der Waals surface area contributed by atoms with Gasteiger partial charge in [0.2, 0.25) is 0 Å². The van der Waals surface area contributed by atoms with Crippen molar-refractivity contribution in [3.63, 3.8) is 0 Å². The fourth-order valence-corrected chi connectivity index (χ4v) is 3.39. The summed E-state index contributed by atoms with van der Waals surface area (Å²) in [5.74, 6) is 2.28. The molecule has 0 radical (unpaired) electrons. The zero-order chi connectivity index (χ0) is 17.6. The van der Waals surface area contributed by atoms with Crippen molar-refractivity contribution in [2.24, 2.45) is 4.99 Å². The van der Waals surface area contributed by atoms with E-state index in [-0.39, 0.29) is 10.8 Å². The third kappa shape index (κ3) is 5.23. The number of para-hydroxylation sites is 1. The molecule has 0 aromatic heterocycles. The Morgan fingerprint density at radius 2 is 2.12 bits per heavy atom. The molecule has 0 spiro atoms. The van der Waals surface area contributed by atoms with Gasteiger partial charge in [-0.2, -0.15) is 0 Å². The van der Waals surface area contributed by atoms with Crippen molar-refractivity contribution >= 4 is 16.8 Å². The summed E-state index contributed by atoms with van der Waals surface area (Å²) in [6.45, 7) is 10.1. The monoisotopic (exact) mass is 351 g/mol. The van der Waals surface area contributed by atoms with Crippen molar-refractivity contribution in [1.82, 2.24) is 10.6 Å². The van der Waals surface area contributed by atoms with E-state index < -0.39 is 10.8 Å². The van der Waals surface area contributed by atoms with Crippen LogP contribution in [0, 0.1) is 0 Å². The summed E-state index contributed by atoms with van der Waals surface area (Å²) < 4.78 is 17.7. The summed E-state index contributed by atoms with van der Waals surface area (Å²) in [7, 11) is -0.883. The first-order valence-corrected chi connectivity index (χ1v) is 9.88. The molecule has 1 aromatic rings. The van der Waals surface area contributed by atoms with Gasteiger partial charge in [0.15, 0.2) is 5.96 Å². The first kappa shape index (κ1) is 18.8. The molecule has 1 aliphatic heterocycles. The molecule has 0 fully saturated rings. The first-order valence-electron chi connectivity index (χ1n) is 8.57. The van der Waals surface area contributed by atoms with Crippen LogP contribution >= 0.6 is 0 Å². The maximum atomic E-state index is 12.1. The molecule has 134 valence electrons. The summed E-state index contributed by atoms with van der Waals surface area (Å²) in [4.78, 5) is 4.59. The minimum absolute atomic E-state index is 0.181. The lowest BCUT2D eigenvalue weighted by molar-refractivity contribution is 0.261. The molecule has 1 aliphatic rings. The molecule has 0 bridgehead atoms. The van der Waals surface area contributed by atoms with Crippen molar-refractivity contribution in [2.45, 2.75) is 44.9 Å². The Kier molecular flexibility index (Phi) is 6.66. The molecule has 24 heavy (non-hydrogen) atoms. The second-order valence-electron chi connectivity index (χ2n) is 6.79. The fraction of sp³-hybridized carbons (Fsp3) is 0.611. The Labute approximate surface area is 147 Å². The Bertz CT molecular complexity index is 596. The van der Waals surface area contributed by atoms with Gasteiger partial charge in [-0.05, 0) is 33.8 Å². The van der Waals surface area contributed by atoms with Gasteiger partial charge in [-0.3, -0.25) is 9.20 Å². The van der Waals surface area contributed by atoms with Crippen molar-refractivity contribution in [2.75, 3.05) is 25.4 Å². The van der Waals surface area contributed by atoms with Crippen molar-refractivity contribution < 1.29 is 8.95 Å². The fourth-order valence-electron chi connectivity index (χ4n) is 2.52. The SMILES string of the molecule is CCNC(=NCCS(=O)C(C)(C)C)NC1CCOc2ccccc21. The number of fused-ring (bicyclic) bond motifs is 1. The predicted molar refractivity (Wildman–Crippen MR) is 101 cm³/mol. The van der Waals surface area contributed by atoms with E-state index in [1.807, 2.05) is 45.9 Å². The quantitative estimate of drug-likeness (QED) is 0.632. The number of benzene rings is 1. The number of rotatable bonds is 5. The van der Waals surface area contributed by atoms with E-state index in [9.17, 15) is 4.21 Å². The van der Waals surface area contributed by atoms with Crippen LogP contribution in [0.1, 0.15) is 45.7 Å². The second kappa shape index (κ2) is 8.51. The maximum Gasteiger partial charge on any atom is 0.191 e. The molecule has 2 rings (SSSR count). The van der Waals surface area contributed by atoms with Gasteiger partial charge in [0.1, 0.15) is 5.75 Å². The van der Waals surface area contributed by atoms with Crippen molar-refractivity contribution in [3.8, 4) is 5.75 Å². The molecular formula is C18H29N3O2S. The van der Waals surface area contributed by atoms with Crippen LogP contribution < -0.4 is 15.4 Å². The number of guanidine groups is 1. The molecule has 2 unspecified atom stereocenters. The standard InChI is InChI=1S/C18H29N3O2S/c1-5-19-17(20-11-13-24(22)18(2,3)4)21-15-10-12-23-16-9-7-6-8-14(15)16/h6-9,15H,5,10-13H2,1-4H3,(H2,19,20,21). The van der Waals surface area contributed by atoms with Crippen LogP contribution in [-0.4, -0.2) is 40.4 Å². The normalized spacial score (nSPS) is 19.2. The summed E-state index contributed by atoms with van der Waals surface area (Å²) >= 11 is 0. The largest absolute Gasteiger partial charge is 0.493 e. The molecule has 6 heteroatoms. The molecule has 1 aromatic carbocycles. The Morgan fingerprint density at radius 1 is 1.38 bits per heavy atom. The topological polar surface area (TPSA) is 62.7 Å². The zero-order valence-corrected chi connectivity index (χ0v) is 15.9. The van der Waals surface area contributed by atoms with Crippen LogP contribution in [0.3, 0.4) is 0 Å². The predicted octanol–water partition coefficient (Wildman–Crippen LogP) is 2.61. The van der Waals surface area contributed by atoms with Gasteiger partial charge in [-0.1, -0.05) is 18.2 Å². The van der Waals surface area contributed by atoms with Crippen LogP contribution in [0.15, 0.2) is 29.3 Å². The molecule has 2 atom stereocenters. The Balaban J connectivity index is 2.01. The van der Waals surface area contributed by atoms with Gasteiger partial charge in [-0.15, -0.1) is 0 Å². The van der Waals surface area contributed by atoms with E-state index >= 15 is 0 Å². The highest BCUT2D eigenvalue weighted by Crippen LogP contribution is 2.31. The highest BCUT2D eigenvalue weighted by molar-refractivity contribution is 7.86. The summed E-state index contributed by atoms with van der Waals surface area (Å²) in [5.41, 5.74) is 1.16. The highest BCUT2D eigenvalue weighted by atomic mass is 32.2. The van der Waals surface area contributed by atoms with E-state index in [2.05, 4.69) is 21.7 Å². The van der Waals surface area contributed by atoms with E-state index in [0.717, 1.165) is 30.2 Å². The lowest BCUT2D eigenvalue weighted by atomic mass is 10.0. The average Bonchev–Trinajstić information content (AvgIpc) is 2.54. The summed E-state index contributed by atoms with van der Waals surface area (Å²) in [6, 6.07) is 8.28.